The third kappa shape index (κ3) is 3.77. The van der Waals surface area contributed by atoms with Gasteiger partial charge in [-0.05, 0) is 48.5 Å². The van der Waals surface area contributed by atoms with Crippen molar-refractivity contribution in [3.8, 4) is 17.2 Å². The van der Waals surface area contributed by atoms with Gasteiger partial charge < -0.3 is 14.5 Å². The molecule has 5 nitrogen and oxygen atoms in total. The zero-order valence-corrected chi connectivity index (χ0v) is 15.8. The molecule has 3 aromatic carbocycles. The van der Waals surface area contributed by atoms with Crippen LogP contribution in [0.15, 0.2) is 59.0 Å². The molecule has 0 saturated carbocycles. The van der Waals surface area contributed by atoms with Gasteiger partial charge in [0.15, 0.2) is 17.2 Å². The van der Waals surface area contributed by atoms with Crippen molar-refractivity contribution in [2.75, 3.05) is 12.4 Å². The number of hydrogen-bond acceptors (Lipinski definition) is 4. The van der Waals surface area contributed by atoms with E-state index in [4.69, 9.17) is 20.8 Å². The van der Waals surface area contributed by atoms with E-state index in [1.54, 1.807) is 42.5 Å². The molecule has 0 aliphatic heterocycles. The first kappa shape index (κ1) is 18.9. The van der Waals surface area contributed by atoms with Crippen molar-refractivity contribution in [1.82, 2.24) is 4.98 Å². The Labute approximate surface area is 168 Å². The monoisotopic (exact) mass is 414 g/mol. The number of ether oxygens (including phenoxy) is 1. The summed E-state index contributed by atoms with van der Waals surface area (Å²) in [4.78, 5) is 16.7. The minimum absolute atomic E-state index is 0.0259. The minimum Gasteiger partial charge on any atom is -0.497 e. The van der Waals surface area contributed by atoms with Gasteiger partial charge >= 0.3 is 0 Å². The lowest BCUT2D eigenvalue weighted by Crippen LogP contribution is -2.11. The molecule has 0 radical (unpaired) electrons. The van der Waals surface area contributed by atoms with Crippen LogP contribution in [0.2, 0.25) is 5.02 Å². The summed E-state index contributed by atoms with van der Waals surface area (Å²) in [5.74, 6) is -1.83. The largest absolute Gasteiger partial charge is 0.497 e. The number of nitrogens with one attached hydrogen (secondary N) is 1. The molecular weight excluding hydrogens is 402 g/mol. The Kier molecular flexibility index (Phi) is 4.90. The summed E-state index contributed by atoms with van der Waals surface area (Å²) < 4.78 is 37.6. The predicted octanol–water partition coefficient (Wildman–Crippen LogP) is 5.69. The highest BCUT2D eigenvalue weighted by Gasteiger charge is 2.16. The summed E-state index contributed by atoms with van der Waals surface area (Å²) >= 11 is 5.98. The van der Waals surface area contributed by atoms with Crippen LogP contribution in [0.3, 0.4) is 0 Å². The highest BCUT2D eigenvalue weighted by molar-refractivity contribution is 6.33. The number of amides is 1. The van der Waals surface area contributed by atoms with Gasteiger partial charge in [-0.15, -0.1) is 0 Å². The molecule has 4 aromatic rings. The molecule has 1 heterocycles. The van der Waals surface area contributed by atoms with E-state index in [9.17, 15) is 13.6 Å². The lowest BCUT2D eigenvalue weighted by atomic mass is 10.2. The normalized spacial score (nSPS) is 10.9. The Morgan fingerprint density at radius 1 is 1.10 bits per heavy atom. The summed E-state index contributed by atoms with van der Waals surface area (Å²) in [5.41, 5.74) is 1.87. The SMILES string of the molecule is COc1cccc(C(=O)Nc2ccc3oc(-c4cc(F)c(F)cc4Cl)nc3c2)c1. The van der Waals surface area contributed by atoms with Crippen LogP contribution < -0.4 is 10.1 Å². The topological polar surface area (TPSA) is 64.4 Å². The van der Waals surface area contributed by atoms with Crippen LogP contribution in [0.25, 0.3) is 22.6 Å². The zero-order chi connectivity index (χ0) is 20.5. The van der Waals surface area contributed by atoms with Gasteiger partial charge in [0.1, 0.15) is 11.3 Å². The summed E-state index contributed by atoms with van der Waals surface area (Å²) in [7, 11) is 1.52. The maximum atomic E-state index is 13.6. The second kappa shape index (κ2) is 7.52. The number of methoxy groups -OCH3 is 1. The van der Waals surface area contributed by atoms with Crippen molar-refractivity contribution in [2.24, 2.45) is 0 Å². The van der Waals surface area contributed by atoms with Gasteiger partial charge in [0.05, 0.1) is 17.7 Å². The molecule has 146 valence electrons. The molecule has 0 aliphatic rings. The van der Waals surface area contributed by atoms with E-state index >= 15 is 0 Å². The number of rotatable bonds is 4. The van der Waals surface area contributed by atoms with Crippen LogP contribution in [0.1, 0.15) is 10.4 Å². The van der Waals surface area contributed by atoms with Crippen LogP contribution >= 0.6 is 11.6 Å². The summed E-state index contributed by atoms with van der Waals surface area (Å²) in [6.45, 7) is 0. The van der Waals surface area contributed by atoms with Crippen LogP contribution in [0.4, 0.5) is 14.5 Å². The van der Waals surface area contributed by atoms with E-state index in [1.807, 2.05) is 0 Å². The van der Waals surface area contributed by atoms with E-state index in [-0.39, 0.29) is 22.4 Å². The summed E-state index contributed by atoms with van der Waals surface area (Å²) in [5, 5.41) is 2.74. The smallest absolute Gasteiger partial charge is 0.255 e. The van der Waals surface area contributed by atoms with Gasteiger partial charge in [0.25, 0.3) is 5.91 Å². The van der Waals surface area contributed by atoms with Crippen molar-refractivity contribution in [3.63, 3.8) is 0 Å². The minimum atomic E-state index is -1.06. The van der Waals surface area contributed by atoms with E-state index in [0.29, 0.717) is 28.1 Å². The Bertz CT molecular complexity index is 1240. The third-order valence-corrected chi connectivity index (χ3v) is 4.53. The fourth-order valence-corrected chi connectivity index (χ4v) is 3.01. The first-order chi connectivity index (χ1) is 13.9. The lowest BCUT2D eigenvalue weighted by Gasteiger charge is -2.06. The maximum Gasteiger partial charge on any atom is 0.255 e. The molecule has 8 heteroatoms. The van der Waals surface area contributed by atoms with Gasteiger partial charge in [-0.25, -0.2) is 13.8 Å². The van der Waals surface area contributed by atoms with E-state index in [0.717, 1.165) is 12.1 Å². The number of anilines is 1. The molecule has 1 N–H and O–H groups in total. The van der Waals surface area contributed by atoms with Crippen LogP contribution in [-0.2, 0) is 0 Å². The van der Waals surface area contributed by atoms with Crippen LogP contribution in [0, 0.1) is 11.6 Å². The number of aromatic nitrogens is 1. The summed E-state index contributed by atoms with van der Waals surface area (Å²) in [6.07, 6.45) is 0. The van der Waals surface area contributed by atoms with Gasteiger partial charge in [-0.1, -0.05) is 17.7 Å². The first-order valence-corrected chi connectivity index (χ1v) is 8.83. The number of carbonyl (C=O) groups is 1. The maximum absolute atomic E-state index is 13.6. The average Bonchev–Trinajstić information content (AvgIpc) is 3.13. The fourth-order valence-electron chi connectivity index (χ4n) is 2.77. The number of carbonyl (C=O) groups excluding carboxylic acids is 1. The van der Waals surface area contributed by atoms with Crippen molar-refractivity contribution in [1.29, 1.82) is 0 Å². The van der Waals surface area contributed by atoms with Gasteiger partial charge in [0, 0.05) is 11.3 Å². The van der Waals surface area contributed by atoms with E-state index in [2.05, 4.69) is 10.3 Å². The molecule has 4 rings (SSSR count). The fraction of sp³-hybridized carbons (Fsp3) is 0.0476. The number of nitrogens with zero attached hydrogens (tertiary/aromatic N) is 1. The molecule has 0 fully saturated rings. The summed E-state index contributed by atoms with van der Waals surface area (Å²) in [6, 6.07) is 13.4. The van der Waals surface area contributed by atoms with Crippen molar-refractivity contribution < 1.29 is 22.7 Å². The van der Waals surface area contributed by atoms with Crippen molar-refractivity contribution in [3.05, 3.63) is 76.8 Å². The number of oxazole rings is 1. The Morgan fingerprint density at radius 3 is 2.69 bits per heavy atom. The van der Waals surface area contributed by atoms with E-state index in [1.165, 1.54) is 7.11 Å². The molecule has 0 saturated heterocycles. The third-order valence-electron chi connectivity index (χ3n) is 4.22. The first-order valence-electron chi connectivity index (χ1n) is 8.45. The molecular formula is C21H13ClF2N2O3. The van der Waals surface area contributed by atoms with Crippen molar-refractivity contribution >= 4 is 34.3 Å². The van der Waals surface area contributed by atoms with E-state index < -0.39 is 11.6 Å². The molecule has 29 heavy (non-hydrogen) atoms. The standard InChI is InChI=1S/C21H13ClF2N2O3/c1-28-13-4-2-3-11(7-13)20(27)25-12-5-6-19-18(8-12)26-21(29-19)14-9-16(23)17(24)10-15(14)22/h2-10H,1H3,(H,25,27). The van der Waals surface area contributed by atoms with Gasteiger partial charge in [0.2, 0.25) is 5.89 Å². The molecule has 0 spiro atoms. The molecule has 0 bridgehead atoms. The lowest BCUT2D eigenvalue weighted by molar-refractivity contribution is 0.102. The second-order valence-electron chi connectivity index (χ2n) is 6.13. The van der Waals surface area contributed by atoms with Gasteiger partial charge in [-0.2, -0.15) is 0 Å². The Hall–Kier alpha value is -3.45. The molecule has 1 aromatic heterocycles. The predicted molar refractivity (Wildman–Crippen MR) is 105 cm³/mol. The molecule has 0 atom stereocenters. The molecule has 0 aliphatic carbocycles. The number of benzene rings is 3. The van der Waals surface area contributed by atoms with Gasteiger partial charge in [-0.3, -0.25) is 4.79 Å². The number of halogens is 3. The number of hydrogen-bond donors (Lipinski definition) is 1. The molecule has 1 amide bonds. The van der Waals surface area contributed by atoms with Crippen LogP contribution in [-0.4, -0.2) is 18.0 Å². The van der Waals surface area contributed by atoms with Crippen molar-refractivity contribution in [2.45, 2.75) is 0 Å². The highest BCUT2D eigenvalue weighted by Crippen LogP contribution is 2.32. The quantitative estimate of drug-likeness (QED) is 0.436. The Morgan fingerprint density at radius 2 is 1.90 bits per heavy atom. The highest BCUT2D eigenvalue weighted by atomic mass is 35.5. The Balaban J connectivity index is 1.63. The number of fused-ring (bicyclic) bond motifs is 1. The molecule has 0 unspecified atom stereocenters. The zero-order valence-electron chi connectivity index (χ0n) is 15.0. The van der Waals surface area contributed by atoms with Crippen LogP contribution in [0.5, 0.6) is 5.75 Å². The second-order valence-corrected chi connectivity index (χ2v) is 6.54. The average molecular weight is 415 g/mol.